The van der Waals surface area contributed by atoms with Crippen molar-refractivity contribution in [2.45, 2.75) is 19.8 Å². The van der Waals surface area contributed by atoms with Gasteiger partial charge in [-0.15, -0.1) is 0 Å². The minimum Gasteiger partial charge on any atom is -0.355 e. The van der Waals surface area contributed by atoms with E-state index < -0.39 is 5.91 Å². The van der Waals surface area contributed by atoms with Crippen LogP contribution in [-0.2, 0) is 20.8 Å². The third-order valence-electron chi connectivity index (χ3n) is 3.41. The van der Waals surface area contributed by atoms with Crippen molar-refractivity contribution in [1.29, 1.82) is 0 Å². The van der Waals surface area contributed by atoms with Crippen molar-refractivity contribution in [3.8, 4) is 0 Å². The van der Waals surface area contributed by atoms with Gasteiger partial charge in [-0.25, -0.2) is 0 Å². The first-order valence-electron chi connectivity index (χ1n) is 8.11. The molecule has 0 aliphatic heterocycles. The molecule has 0 unspecified atom stereocenters. The van der Waals surface area contributed by atoms with E-state index in [2.05, 4.69) is 16.0 Å². The number of benzene rings is 2. The summed E-state index contributed by atoms with van der Waals surface area (Å²) in [4.78, 5) is 34.9. The van der Waals surface area contributed by atoms with Crippen molar-refractivity contribution in [3.05, 3.63) is 59.1 Å². The maximum Gasteiger partial charge on any atom is 0.233 e. The van der Waals surface area contributed by atoms with Gasteiger partial charge in [-0.05, 0) is 42.3 Å². The molecule has 6 nitrogen and oxygen atoms in total. The summed E-state index contributed by atoms with van der Waals surface area (Å²) < 4.78 is 0. The molecule has 7 heteroatoms. The fraction of sp³-hybridized carbons (Fsp3) is 0.211. The number of rotatable bonds is 7. The summed E-state index contributed by atoms with van der Waals surface area (Å²) in [6, 6.07) is 14.1. The highest BCUT2D eigenvalue weighted by Gasteiger charge is 2.10. The molecule has 0 bridgehead atoms. The van der Waals surface area contributed by atoms with Crippen LogP contribution >= 0.6 is 11.6 Å². The summed E-state index contributed by atoms with van der Waals surface area (Å²) in [7, 11) is 0. The molecule has 0 aliphatic rings. The van der Waals surface area contributed by atoms with Crippen LogP contribution in [0.1, 0.15) is 18.9 Å². The molecule has 0 fully saturated rings. The summed E-state index contributed by atoms with van der Waals surface area (Å²) >= 11 is 5.91. The van der Waals surface area contributed by atoms with Gasteiger partial charge < -0.3 is 16.0 Å². The van der Waals surface area contributed by atoms with Crippen LogP contribution in [-0.4, -0.2) is 24.3 Å². The van der Waals surface area contributed by atoms with E-state index in [0.717, 1.165) is 5.56 Å². The van der Waals surface area contributed by atoms with Gasteiger partial charge >= 0.3 is 0 Å². The molecule has 0 saturated heterocycles. The second kappa shape index (κ2) is 9.58. The number of hydrogen-bond acceptors (Lipinski definition) is 3. The van der Waals surface area contributed by atoms with Gasteiger partial charge in [-0.1, -0.05) is 29.8 Å². The number of halogens is 1. The van der Waals surface area contributed by atoms with Gasteiger partial charge in [0.1, 0.15) is 6.42 Å². The molecule has 26 heavy (non-hydrogen) atoms. The Balaban J connectivity index is 1.76. The summed E-state index contributed by atoms with van der Waals surface area (Å²) in [6.07, 6.45) is 0.354. The minimum atomic E-state index is -0.426. The monoisotopic (exact) mass is 373 g/mol. The molecule has 0 radical (unpaired) electrons. The van der Waals surface area contributed by atoms with E-state index in [4.69, 9.17) is 11.6 Å². The Morgan fingerprint density at radius 1 is 0.923 bits per heavy atom. The number of carbonyl (C=O) groups excluding carboxylic acids is 3. The van der Waals surface area contributed by atoms with Gasteiger partial charge in [0.15, 0.2) is 0 Å². The maximum atomic E-state index is 12.0. The average Bonchev–Trinajstić information content (AvgIpc) is 2.54. The average molecular weight is 374 g/mol. The Labute approximate surface area is 156 Å². The molecule has 0 spiro atoms. The lowest BCUT2D eigenvalue weighted by Gasteiger charge is -2.08. The van der Waals surface area contributed by atoms with Crippen molar-refractivity contribution in [2.24, 2.45) is 0 Å². The van der Waals surface area contributed by atoms with Crippen LogP contribution in [0.25, 0.3) is 0 Å². The van der Waals surface area contributed by atoms with E-state index in [-0.39, 0.29) is 18.2 Å². The Kier molecular flexibility index (Phi) is 7.17. The van der Waals surface area contributed by atoms with Crippen LogP contribution in [0.3, 0.4) is 0 Å². The molecule has 0 atom stereocenters. The van der Waals surface area contributed by atoms with E-state index in [1.807, 2.05) is 18.2 Å². The van der Waals surface area contributed by atoms with Crippen molar-refractivity contribution >= 4 is 40.7 Å². The molecule has 0 aliphatic carbocycles. The molecule has 2 rings (SSSR count). The van der Waals surface area contributed by atoms with E-state index >= 15 is 0 Å². The molecular weight excluding hydrogens is 354 g/mol. The predicted molar refractivity (Wildman–Crippen MR) is 102 cm³/mol. The largest absolute Gasteiger partial charge is 0.355 e. The van der Waals surface area contributed by atoms with E-state index in [9.17, 15) is 14.4 Å². The highest BCUT2D eigenvalue weighted by Crippen LogP contribution is 2.15. The van der Waals surface area contributed by atoms with Gasteiger partial charge in [0, 0.05) is 29.9 Å². The fourth-order valence-corrected chi connectivity index (χ4v) is 2.54. The van der Waals surface area contributed by atoms with Crippen molar-refractivity contribution in [2.75, 3.05) is 17.2 Å². The highest BCUT2D eigenvalue weighted by atomic mass is 35.5. The van der Waals surface area contributed by atoms with Crippen molar-refractivity contribution < 1.29 is 14.4 Å². The quantitative estimate of drug-likeness (QED) is 0.652. The lowest BCUT2D eigenvalue weighted by molar-refractivity contribution is -0.126. The first-order chi connectivity index (χ1) is 12.4. The zero-order valence-corrected chi connectivity index (χ0v) is 15.1. The Morgan fingerprint density at radius 3 is 2.31 bits per heavy atom. The lowest BCUT2D eigenvalue weighted by Crippen LogP contribution is -2.29. The lowest BCUT2D eigenvalue weighted by atomic mass is 10.1. The Morgan fingerprint density at radius 2 is 1.62 bits per heavy atom. The number of anilines is 2. The topological polar surface area (TPSA) is 87.3 Å². The van der Waals surface area contributed by atoms with Crippen LogP contribution in [0, 0.1) is 0 Å². The van der Waals surface area contributed by atoms with Gasteiger partial charge in [0.05, 0.1) is 0 Å². The Hall–Kier alpha value is -2.86. The summed E-state index contributed by atoms with van der Waals surface area (Å²) in [6.45, 7) is 1.82. The summed E-state index contributed by atoms with van der Waals surface area (Å²) in [5, 5.41) is 8.61. The SMILES string of the molecule is CC(=O)Nc1cccc(NC(=O)CC(=O)NCCc2cccc(Cl)c2)c1. The van der Waals surface area contributed by atoms with Crippen LogP contribution in [0.2, 0.25) is 5.02 Å². The second-order valence-corrected chi connectivity index (χ2v) is 6.15. The zero-order chi connectivity index (χ0) is 18.9. The van der Waals surface area contributed by atoms with Gasteiger partial charge in [0.2, 0.25) is 17.7 Å². The van der Waals surface area contributed by atoms with Gasteiger partial charge in [-0.2, -0.15) is 0 Å². The predicted octanol–water partition coefficient (Wildman–Crippen LogP) is 2.99. The molecule has 136 valence electrons. The molecule has 0 saturated carbocycles. The fourth-order valence-electron chi connectivity index (χ4n) is 2.33. The number of nitrogens with one attached hydrogen (secondary N) is 3. The third kappa shape index (κ3) is 6.94. The highest BCUT2D eigenvalue weighted by molar-refractivity contribution is 6.30. The molecule has 2 aromatic rings. The summed E-state index contributed by atoms with van der Waals surface area (Å²) in [5.41, 5.74) is 2.09. The third-order valence-corrected chi connectivity index (χ3v) is 3.65. The molecule has 3 N–H and O–H groups in total. The smallest absolute Gasteiger partial charge is 0.233 e. The van der Waals surface area contributed by atoms with E-state index in [1.54, 1.807) is 30.3 Å². The first-order valence-corrected chi connectivity index (χ1v) is 8.49. The zero-order valence-electron chi connectivity index (χ0n) is 14.3. The maximum absolute atomic E-state index is 12.0. The normalized spacial score (nSPS) is 10.1. The molecule has 0 aromatic heterocycles. The minimum absolute atomic E-state index is 0.201. The van der Waals surface area contributed by atoms with Gasteiger partial charge in [0.25, 0.3) is 0 Å². The second-order valence-electron chi connectivity index (χ2n) is 5.72. The van der Waals surface area contributed by atoms with Crippen LogP contribution in [0.5, 0.6) is 0 Å². The van der Waals surface area contributed by atoms with Crippen LogP contribution in [0.4, 0.5) is 11.4 Å². The number of amides is 3. The van der Waals surface area contributed by atoms with Crippen LogP contribution in [0.15, 0.2) is 48.5 Å². The number of carbonyl (C=O) groups is 3. The molecule has 3 amide bonds. The summed E-state index contributed by atoms with van der Waals surface area (Å²) in [5.74, 6) is -0.986. The van der Waals surface area contributed by atoms with Crippen molar-refractivity contribution in [3.63, 3.8) is 0 Å². The van der Waals surface area contributed by atoms with Crippen LogP contribution < -0.4 is 16.0 Å². The standard InChI is InChI=1S/C19H20ClN3O3/c1-13(24)22-16-6-3-7-17(11-16)23-19(26)12-18(25)21-9-8-14-4-2-5-15(20)10-14/h2-7,10-11H,8-9,12H2,1H3,(H,21,25)(H,22,24)(H,23,26). The molecule has 0 heterocycles. The van der Waals surface area contributed by atoms with E-state index in [0.29, 0.717) is 29.4 Å². The van der Waals surface area contributed by atoms with Gasteiger partial charge in [-0.3, -0.25) is 14.4 Å². The van der Waals surface area contributed by atoms with Crippen molar-refractivity contribution in [1.82, 2.24) is 5.32 Å². The molecular formula is C19H20ClN3O3. The first kappa shape index (κ1) is 19.5. The Bertz CT molecular complexity index is 808. The number of hydrogen-bond donors (Lipinski definition) is 3. The van der Waals surface area contributed by atoms with E-state index in [1.165, 1.54) is 6.92 Å². The molecule has 2 aromatic carbocycles.